The van der Waals surface area contributed by atoms with Gasteiger partial charge in [0.2, 0.25) is 0 Å². The fourth-order valence-corrected chi connectivity index (χ4v) is 5.45. The number of carbonyl (C=O) groups excluding carboxylic acids is 3. The topological polar surface area (TPSA) is 96.8 Å². The van der Waals surface area contributed by atoms with Gasteiger partial charge in [-0.05, 0) is 62.9 Å². The lowest BCUT2D eigenvalue weighted by molar-refractivity contribution is -0.138. The number of nitriles is 1. The molecule has 0 atom stereocenters. The molecule has 1 fully saturated rings. The summed E-state index contributed by atoms with van der Waals surface area (Å²) in [6.45, 7) is 6.03. The van der Waals surface area contributed by atoms with E-state index in [0.29, 0.717) is 44.1 Å². The van der Waals surface area contributed by atoms with Crippen molar-refractivity contribution in [3.05, 3.63) is 76.4 Å². The Morgan fingerprint density at radius 2 is 1.63 bits per heavy atom. The standard InChI is InChI=1S/C32H36F3N5O3/c1-23-27(30(42)40(29(23)41)26-13-12-25(22-36)28(21-26)32(33,34)35)11-7-2-3-8-16-38-17-19-39(20-18-38)31(43)37-15-14-24-9-5-4-6-10-24/h4-6,9-10,12-13,21H,2-3,7-8,11,14-20H2,1H3,(H,37,43). The first-order valence-electron chi connectivity index (χ1n) is 14.6. The number of hydrogen-bond acceptors (Lipinski definition) is 5. The van der Waals surface area contributed by atoms with Crippen LogP contribution >= 0.6 is 0 Å². The highest BCUT2D eigenvalue weighted by Gasteiger charge is 2.39. The molecule has 4 amide bonds. The number of anilines is 1. The lowest BCUT2D eigenvalue weighted by Gasteiger charge is -2.34. The summed E-state index contributed by atoms with van der Waals surface area (Å²) in [5, 5.41) is 12.0. The van der Waals surface area contributed by atoms with Crippen LogP contribution in [0.4, 0.5) is 23.7 Å². The molecule has 228 valence electrons. The van der Waals surface area contributed by atoms with Crippen molar-refractivity contribution in [1.82, 2.24) is 15.1 Å². The largest absolute Gasteiger partial charge is 0.417 e. The second-order valence-electron chi connectivity index (χ2n) is 10.8. The highest BCUT2D eigenvalue weighted by molar-refractivity contribution is 6.32. The van der Waals surface area contributed by atoms with Gasteiger partial charge in [-0.2, -0.15) is 18.4 Å². The Labute approximate surface area is 249 Å². The molecular formula is C32H36F3N5O3. The minimum Gasteiger partial charge on any atom is -0.338 e. The fourth-order valence-electron chi connectivity index (χ4n) is 5.45. The van der Waals surface area contributed by atoms with E-state index in [2.05, 4.69) is 10.2 Å². The van der Waals surface area contributed by atoms with E-state index in [9.17, 15) is 27.6 Å². The van der Waals surface area contributed by atoms with E-state index >= 15 is 0 Å². The van der Waals surface area contributed by atoms with Crippen LogP contribution in [0.1, 0.15) is 55.7 Å². The Bertz CT molecular complexity index is 1390. The number of piperazine rings is 1. The third kappa shape index (κ3) is 8.02. The van der Waals surface area contributed by atoms with Gasteiger partial charge in [0.15, 0.2) is 0 Å². The average Bonchev–Trinajstić information content (AvgIpc) is 3.21. The van der Waals surface area contributed by atoms with E-state index in [-0.39, 0.29) is 17.3 Å². The molecule has 11 heteroatoms. The minimum absolute atomic E-state index is 0.0290. The summed E-state index contributed by atoms with van der Waals surface area (Å²) in [4.78, 5) is 43.3. The molecule has 8 nitrogen and oxygen atoms in total. The molecule has 0 bridgehead atoms. The maximum Gasteiger partial charge on any atom is 0.417 e. The SMILES string of the molecule is CC1=C(CCCCCCN2CCN(C(=O)NCCc3ccccc3)CC2)C(=O)N(c2ccc(C#N)c(C(F)(F)F)c2)C1=O. The van der Waals surface area contributed by atoms with Gasteiger partial charge in [-0.25, -0.2) is 9.69 Å². The number of urea groups is 1. The van der Waals surface area contributed by atoms with Crippen LogP contribution in [0.5, 0.6) is 0 Å². The molecule has 0 unspecified atom stereocenters. The molecule has 1 saturated heterocycles. The summed E-state index contributed by atoms with van der Waals surface area (Å²) in [6.07, 6.45) is -0.202. The van der Waals surface area contributed by atoms with Gasteiger partial charge < -0.3 is 10.2 Å². The Kier molecular flexibility index (Phi) is 10.6. The van der Waals surface area contributed by atoms with Crippen molar-refractivity contribution in [3.63, 3.8) is 0 Å². The van der Waals surface area contributed by atoms with E-state index in [0.717, 1.165) is 56.3 Å². The van der Waals surface area contributed by atoms with Crippen LogP contribution in [-0.2, 0) is 22.2 Å². The lowest BCUT2D eigenvalue weighted by Crippen LogP contribution is -2.52. The van der Waals surface area contributed by atoms with Crippen molar-refractivity contribution in [3.8, 4) is 6.07 Å². The molecule has 4 rings (SSSR count). The summed E-state index contributed by atoms with van der Waals surface area (Å²) in [6, 6.07) is 14.4. The van der Waals surface area contributed by atoms with Crippen molar-refractivity contribution in [2.75, 3.05) is 44.2 Å². The summed E-state index contributed by atoms with van der Waals surface area (Å²) >= 11 is 0. The normalized spacial score (nSPS) is 16.2. The van der Waals surface area contributed by atoms with Crippen molar-refractivity contribution < 1.29 is 27.6 Å². The molecule has 1 N–H and O–H groups in total. The number of unbranched alkanes of at least 4 members (excludes halogenated alkanes) is 3. The third-order valence-electron chi connectivity index (χ3n) is 7.97. The second kappa shape index (κ2) is 14.3. The van der Waals surface area contributed by atoms with Crippen LogP contribution in [0.2, 0.25) is 0 Å². The van der Waals surface area contributed by atoms with Gasteiger partial charge >= 0.3 is 12.2 Å². The minimum atomic E-state index is -4.79. The van der Waals surface area contributed by atoms with Crippen LogP contribution < -0.4 is 10.2 Å². The van der Waals surface area contributed by atoms with Crippen LogP contribution in [0.3, 0.4) is 0 Å². The molecule has 2 heterocycles. The Morgan fingerprint density at radius 1 is 0.930 bits per heavy atom. The molecule has 2 aromatic carbocycles. The number of nitrogens with zero attached hydrogens (tertiary/aromatic N) is 4. The first-order valence-corrected chi connectivity index (χ1v) is 14.6. The lowest BCUT2D eigenvalue weighted by atomic mass is 10.0. The van der Waals surface area contributed by atoms with Gasteiger partial charge in [0.25, 0.3) is 11.8 Å². The van der Waals surface area contributed by atoms with Gasteiger partial charge in [-0.15, -0.1) is 0 Å². The number of nitrogens with one attached hydrogen (secondary N) is 1. The summed E-state index contributed by atoms with van der Waals surface area (Å²) < 4.78 is 40.2. The van der Waals surface area contributed by atoms with E-state index < -0.39 is 29.1 Å². The van der Waals surface area contributed by atoms with E-state index in [1.54, 1.807) is 0 Å². The molecule has 0 spiro atoms. The number of halogens is 3. The molecule has 0 aliphatic carbocycles. The van der Waals surface area contributed by atoms with Gasteiger partial charge in [-0.1, -0.05) is 43.2 Å². The molecule has 0 aromatic heterocycles. The number of benzene rings is 2. The fraction of sp³-hybridized carbons (Fsp3) is 0.438. The number of hydrogen-bond donors (Lipinski definition) is 1. The van der Waals surface area contributed by atoms with Gasteiger partial charge in [0, 0.05) is 43.9 Å². The number of imide groups is 1. The summed E-state index contributed by atoms with van der Waals surface area (Å²) in [5.41, 5.74) is -0.188. The Balaban J connectivity index is 1.15. The van der Waals surface area contributed by atoms with Crippen LogP contribution in [-0.4, -0.2) is 66.9 Å². The van der Waals surface area contributed by atoms with Gasteiger partial charge in [-0.3, -0.25) is 14.5 Å². The Morgan fingerprint density at radius 3 is 2.30 bits per heavy atom. The zero-order chi connectivity index (χ0) is 31.0. The highest BCUT2D eigenvalue weighted by atomic mass is 19.4. The summed E-state index contributed by atoms with van der Waals surface area (Å²) in [7, 11) is 0. The number of rotatable bonds is 11. The number of amides is 4. The first kappa shape index (κ1) is 31.8. The zero-order valence-electron chi connectivity index (χ0n) is 24.3. The molecule has 2 aliphatic rings. The summed E-state index contributed by atoms with van der Waals surface area (Å²) in [5.74, 6) is -1.25. The second-order valence-corrected chi connectivity index (χ2v) is 10.8. The first-order chi connectivity index (χ1) is 20.6. The molecule has 2 aliphatic heterocycles. The van der Waals surface area contributed by atoms with Crippen molar-refractivity contribution in [2.45, 2.75) is 51.6 Å². The highest BCUT2D eigenvalue weighted by Crippen LogP contribution is 2.37. The van der Waals surface area contributed by atoms with E-state index in [1.165, 1.54) is 24.6 Å². The van der Waals surface area contributed by atoms with Gasteiger partial charge in [0.05, 0.1) is 22.9 Å². The van der Waals surface area contributed by atoms with Crippen LogP contribution in [0, 0.1) is 11.3 Å². The zero-order valence-corrected chi connectivity index (χ0v) is 24.3. The third-order valence-corrected chi connectivity index (χ3v) is 7.97. The molecule has 0 radical (unpaired) electrons. The number of alkyl halides is 3. The molecule has 0 saturated carbocycles. The number of carbonyl (C=O) groups is 3. The van der Waals surface area contributed by atoms with Crippen LogP contribution in [0.25, 0.3) is 0 Å². The molecule has 43 heavy (non-hydrogen) atoms. The maximum atomic E-state index is 13.4. The predicted octanol–water partition coefficient (Wildman–Crippen LogP) is 5.29. The Hall–Kier alpha value is -4.17. The van der Waals surface area contributed by atoms with Crippen molar-refractivity contribution >= 4 is 23.5 Å². The predicted molar refractivity (Wildman–Crippen MR) is 156 cm³/mol. The molecular weight excluding hydrogens is 559 g/mol. The van der Waals surface area contributed by atoms with E-state index in [1.807, 2.05) is 35.2 Å². The molecule has 2 aromatic rings. The maximum absolute atomic E-state index is 13.4. The average molecular weight is 596 g/mol. The van der Waals surface area contributed by atoms with Crippen molar-refractivity contribution in [1.29, 1.82) is 5.26 Å². The van der Waals surface area contributed by atoms with Crippen LogP contribution in [0.15, 0.2) is 59.7 Å². The van der Waals surface area contributed by atoms with Gasteiger partial charge in [0.1, 0.15) is 0 Å². The van der Waals surface area contributed by atoms with E-state index in [4.69, 9.17) is 5.26 Å². The monoisotopic (exact) mass is 595 g/mol. The smallest absolute Gasteiger partial charge is 0.338 e. The van der Waals surface area contributed by atoms with Crippen molar-refractivity contribution in [2.24, 2.45) is 0 Å². The quantitative estimate of drug-likeness (QED) is 0.282.